The van der Waals surface area contributed by atoms with Crippen LogP contribution >= 0.6 is 0 Å². The maximum absolute atomic E-state index is 5.91. The van der Waals surface area contributed by atoms with Gasteiger partial charge in [0.15, 0.2) is 6.79 Å². The number of hydrogen-bond acceptors (Lipinski definition) is 5. The predicted molar refractivity (Wildman–Crippen MR) is 78.5 cm³/mol. The molecule has 1 aliphatic heterocycles. The average molecular weight is 287 g/mol. The molecule has 0 aromatic heterocycles. The molecule has 0 bridgehead atoms. The summed E-state index contributed by atoms with van der Waals surface area (Å²) in [5.74, 6) is 2.29. The van der Waals surface area contributed by atoms with E-state index in [4.69, 9.17) is 24.7 Å². The Morgan fingerprint density at radius 1 is 1.19 bits per heavy atom. The minimum atomic E-state index is 0.253. The monoisotopic (exact) mass is 287 g/mol. The molecule has 2 aromatic carbocycles. The van der Waals surface area contributed by atoms with Gasteiger partial charge in [0.2, 0.25) is 0 Å². The Balaban J connectivity index is 1.80. The van der Waals surface area contributed by atoms with E-state index in [1.165, 1.54) is 0 Å². The number of anilines is 1. The first kappa shape index (κ1) is 13.6. The standard InChI is InChI=1S/C16H17NO4/c1-18-14-3-2-4-15(7-14)20-9-12-6-13(17)5-11-8-19-10-21-16(11)12/h2-7H,8-10,17H2,1H3. The first-order valence-electron chi connectivity index (χ1n) is 6.65. The lowest BCUT2D eigenvalue weighted by Crippen LogP contribution is -2.14. The molecule has 1 heterocycles. The Kier molecular flexibility index (Phi) is 3.83. The molecular formula is C16H17NO4. The summed E-state index contributed by atoms with van der Waals surface area (Å²) in [6.45, 7) is 1.14. The molecule has 0 fully saturated rings. The van der Waals surface area contributed by atoms with E-state index < -0.39 is 0 Å². The van der Waals surface area contributed by atoms with E-state index in [9.17, 15) is 0 Å². The van der Waals surface area contributed by atoms with Crippen molar-refractivity contribution in [2.45, 2.75) is 13.2 Å². The summed E-state index contributed by atoms with van der Waals surface area (Å²) in [4.78, 5) is 0. The second-order valence-corrected chi connectivity index (χ2v) is 4.75. The van der Waals surface area contributed by atoms with Crippen LogP contribution in [0.4, 0.5) is 5.69 Å². The summed E-state index contributed by atoms with van der Waals surface area (Å²) >= 11 is 0. The summed E-state index contributed by atoms with van der Waals surface area (Å²) in [5.41, 5.74) is 8.45. The number of benzene rings is 2. The summed E-state index contributed by atoms with van der Waals surface area (Å²) in [6, 6.07) is 11.2. The maximum atomic E-state index is 5.91. The zero-order valence-corrected chi connectivity index (χ0v) is 11.8. The molecule has 3 rings (SSSR count). The smallest absolute Gasteiger partial charge is 0.189 e. The van der Waals surface area contributed by atoms with Crippen LogP contribution in [0.25, 0.3) is 0 Å². The fourth-order valence-corrected chi connectivity index (χ4v) is 2.29. The van der Waals surface area contributed by atoms with E-state index in [0.717, 1.165) is 28.4 Å². The molecule has 0 saturated heterocycles. The minimum absolute atomic E-state index is 0.253. The predicted octanol–water partition coefficient (Wildman–Crippen LogP) is 2.72. The Morgan fingerprint density at radius 3 is 2.90 bits per heavy atom. The van der Waals surface area contributed by atoms with Gasteiger partial charge in [-0.15, -0.1) is 0 Å². The third kappa shape index (κ3) is 3.03. The number of ether oxygens (including phenoxy) is 4. The Hall–Kier alpha value is -2.40. The molecule has 0 unspecified atom stereocenters. The van der Waals surface area contributed by atoms with Crippen LogP contribution in [0.5, 0.6) is 17.2 Å². The van der Waals surface area contributed by atoms with Gasteiger partial charge in [0.25, 0.3) is 0 Å². The molecule has 1 aliphatic rings. The number of rotatable bonds is 4. The van der Waals surface area contributed by atoms with Gasteiger partial charge in [0, 0.05) is 22.9 Å². The largest absolute Gasteiger partial charge is 0.497 e. The zero-order chi connectivity index (χ0) is 14.7. The molecule has 2 aromatic rings. The van der Waals surface area contributed by atoms with Crippen LogP contribution in [0, 0.1) is 0 Å². The number of hydrogen-bond donors (Lipinski definition) is 1. The van der Waals surface area contributed by atoms with Crippen LogP contribution in [0.2, 0.25) is 0 Å². The minimum Gasteiger partial charge on any atom is -0.497 e. The van der Waals surface area contributed by atoms with E-state index in [1.54, 1.807) is 7.11 Å². The highest BCUT2D eigenvalue weighted by molar-refractivity contribution is 5.53. The van der Waals surface area contributed by atoms with E-state index >= 15 is 0 Å². The molecule has 0 radical (unpaired) electrons. The van der Waals surface area contributed by atoms with Gasteiger partial charge in [-0.1, -0.05) is 6.07 Å². The quantitative estimate of drug-likeness (QED) is 0.876. The van der Waals surface area contributed by atoms with E-state index in [0.29, 0.717) is 18.9 Å². The van der Waals surface area contributed by atoms with Gasteiger partial charge in [-0.05, 0) is 24.3 Å². The normalized spacial score (nSPS) is 13.2. The van der Waals surface area contributed by atoms with Crippen LogP contribution in [0.3, 0.4) is 0 Å². The summed E-state index contributed by atoms with van der Waals surface area (Å²) in [6.07, 6.45) is 0. The first-order valence-corrected chi connectivity index (χ1v) is 6.65. The number of fused-ring (bicyclic) bond motifs is 1. The number of nitrogen functional groups attached to an aromatic ring is 1. The lowest BCUT2D eigenvalue weighted by atomic mass is 10.1. The van der Waals surface area contributed by atoms with Crippen LogP contribution in [0.15, 0.2) is 36.4 Å². The van der Waals surface area contributed by atoms with Crippen LogP contribution in [-0.4, -0.2) is 13.9 Å². The molecule has 110 valence electrons. The zero-order valence-electron chi connectivity index (χ0n) is 11.8. The third-order valence-corrected chi connectivity index (χ3v) is 3.24. The van der Waals surface area contributed by atoms with E-state index in [2.05, 4.69) is 0 Å². The average Bonchev–Trinajstić information content (AvgIpc) is 2.52. The van der Waals surface area contributed by atoms with Crippen LogP contribution in [0.1, 0.15) is 11.1 Å². The molecule has 21 heavy (non-hydrogen) atoms. The van der Waals surface area contributed by atoms with Gasteiger partial charge in [-0.2, -0.15) is 0 Å². The summed E-state index contributed by atoms with van der Waals surface area (Å²) in [7, 11) is 1.63. The number of methoxy groups -OCH3 is 1. The molecular weight excluding hydrogens is 270 g/mol. The fourth-order valence-electron chi connectivity index (χ4n) is 2.29. The van der Waals surface area contributed by atoms with Crippen molar-refractivity contribution < 1.29 is 18.9 Å². The molecule has 5 nitrogen and oxygen atoms in total. The van der Waals surface area contributed by atoms with E-state index in [1.807, 2.05) is 36.4 Å². The van der Waals surface area contributed by atoms with Crippen molar-refractivity contribution in [1.82, 2.24) is 0 Å². The lowest BCUT2D eigenvalue weighted by molar-refractivity contribution is -0.0175. The molecule has 5 heteroatoms. The van der Waals surface area contributed by atoms with Gasteiger partial charge in [-0.3, -0.25) is 0 Å². The lowest BCUT2D eigenvalue weighted by Gasteiger charge is -2.21. The van der Waals surface area contributed by atoms with Gasteiger partial charge in [0.1, 0.15) is 23.9 Å². The highest BCUT2D eigenvalue weighted by Gasteiger charge is 2.16. The van der Waals surface area contributed by atoms with Crippen LogP contribution in [-0.2, 0) is 18.0 Å². The molecule has 0 spiro atoms. The fraction of sp³-hybridized carbons (Fsp3) is 0.250. The Bertz CT molecular complexity index is 642. The number of nitrogens with two attached hydrogens (primary N) is 1. The highest BCUT2D eigenvalue weighted by atomic mass is 16.7. The maximum Gasteiger partial charge on any atom is 0.189 e. The third-order valence-electron chi connectivity index (χ3n) is 3.24. The molecule has 0 atom stereocenters. The van der Waals surface area contributed by atoms with Crippen molar-refractivity contribution in [3.8, 4) is 17.2 Å². The summed E-state index contributed by atoms with van der Waals surface area (Å²) in [5, 5.41) is 0. The van der Waals surface area contributed by atoms with Crippen molar-refractivity contribution in [2.75, 3.05) is 19.6 Å². The molecule has 0 amide bonds. The van der Waals surface area contributed by atoms with E-state index in [-0.39, 0.29) is 6.79 Å². The molecule has 0 aliphatic carbocycles. The summed E-state index contributed by atoms with van der Waals surface area (Å²) < 4.78 is 21.8. The van der Waals surface area contributed by atoms with Crippen molar-refractivity contribution in [1.29, 1.82) is 0 Å². The topological polar surface area (TPSA) is 62.9 Å². The second kappa shape index (κ2) is 5.93. The molecule has 0 saturated carbocycles. The van der Waals surface area contributed by atoms with Crippen molar-refractivity contribution in [2.24, 2.45) is 0 Å². The molecule has 2 N–H and O–H groups in total. The Labute approximate surface area is 123 Å². The first-order chi connectivity index (χ1) is 10.3. The highest BCUT2D eigenvalue weighted by Crippen LogP contribution is 2.31. The van der Waals surface area contributed by atoms with Gasteiger partial charge in [-0.25, -0.2) is 0 Å². The van der Waals surface area contributed by atoms with Gasteiger partial charge < -0.3 is 24.7 Å². The van der Waals surface area contributed by atoms with Gasteiger partial charge in [0.05, 0.1) is 13.7 Å². The van der Waals surface area contributed by atoms with Crippen LogP contribution < -0.4 is 19.9 Å². The van der Waals surface area contributed by atoms with Gasteiger partial charge >= 0.3 is 0 Å². The van der Waals surface area contributed by atoms with Crippen molar-refractivity contribution >= 4 is 5.69 Å². The Morgan fingerprint density at radius 2 is 2.05 bits per heavy atom. The van der Waals surface area contributed by atoms with Crippen molar-refractivity contribution in [3.05, 3.63) is 47.5 Å². The second-order valence-electron chi connectivity index (χ2n) is 4.75. The SMILES string of the molecule is COc1cccc(OCc2cc(N)cc3c2OCOC3)c1. The van der Waals surface area contributed by atoms with Crippen molar-refractivity contribution in [3.63, 3.8) is 0 Å².